The molecule has 0 spiro atoms. The molecule has 0 N–H and O–H groups in total. The minimum atomic E-state index is 0.600. The monoisotopic (exact) mass is 222 g/mol. The van der Waals surface area contributed by atoms with Crippen molar-refractivity contribution in [3.8, 4) is 0 Å². The van der Waals surface area contributed by atoms with Crippen LogP contribution in [0.2, 0.25) is 0 Å². The summed E-state index contributed by atoms with van der Waals surface area (Å²) in [5.41, 5.74) is 3.88. The van der Waals surface area contributed by atoms with Crippen molar-refractivity contribution >= 4 is 17.7 Å². The van der Waals surface area contributed by atoms with E-state index in [0.29, 0.717) is 5.88 Å². The van der Waals surface area contributed by atoms with Crippen molar-refractivity contribution in [2.24, 2.45) is 0 Å². The molecule has 0 aromatic heterocycles. The topological polar surface area (TPSA) is 0 Å². The van der Waals surface area contributed by atoms with E-state index in [2.05, 4.69) is 31.7 Å². The lowest BCUT2D eigenvalue weighted by Gasteiger charge is -2.10. The third kappa shape index (κ3) is 3.39. The van der Waals surface area contributed by atoms with Crippen LogP contribution in [0.1, 0.15) is 42.9 Å². The zero-order chi connectivity index (χ0) is 11.1. The fourth-order valence-corrected chi connectivity index (χ4v) is 2.08. The van der Waals surface area contributed by atoms with E-state index in [1.165, 1.54) is 36.0 Å². The van der Waals surface area contributed by atoms with Gasteiger partial charge in [0, 0.05) is 5.88 Å². The van der Waals surface area contributed by atoms with Gasteiger partial charge < -0.3 is 0 Å². The van der Waals surface area contributed by atoms with E-state index in [0.717, 1.165) is 6.42 Å². The Kier molecular flexibility index (Phi) is 5.49. The van der Waals surface area contributed by atoms with E-state index in [4.69, 9.17) is 11.6 Å². The minimum Gasteiger partial charge on any atom is -0.122 e. The summed E-state index contributed by atoms with van der Waals surface area (Å²) < 4.78 is 0. The van der Waals surface area contributed by atoms with Gasteiger partial charge in [0.25, 0.3) is 0 Å². The van der Waals surface area contributed by atoms with Crippen LogP contribution in [-0.4, -0.2) is 0 Å². The lowest BCUT2D eigenvalue weighted by molar-refractivity contribution is 0.714. The van der Waals surface area contributed by atoms with Gasteiger partial charge in [-0.05, 0) is 29.5 Å². The zero-order valence-corrected chi connectivity index (χ0v) is 10.2. The highest BCUT2D eigenvalue weighted by atomic mass is 35.5. The molecule has 0 aliphatic heterocycles. The molecule has 0 atom stereocenters. The molecule has 0 aliphatic carbocycles. The third-order valence-electron chi connectivity index (χ3n) is 2.70. The average Bonchev–Trinajstić information content (AvgIpc) is 2.29. The Morgan fingerprint density at radius 3 is 2.73 bits per heavy atom. The molecule has 1 heteroatoms. The second-order valence-electron chi connectivity index (χ2n) is 3.78. The standard InChI is InChI=1S/C14H19Cl/c1-3-5-6-10-14-12(4-2)8-7-9-13(14)11-15/h4,7-9H,2-3,5-6,10-11H2,1H3. The normalized spacial score (nSPS) is 10.3. The summed E-state index contributed by atoms with van der Waals surface area (Å²) in [7, 11) is 0. The van der Waals surface area contributed by atoms with Crippen molar-refractivity contribution in [2.75, 3.05) is 0 Å². The molecule has 0 saturated heterocycles. The zero-order valence-electron chi connectivity index (χ0n) is 9.43. The third-order valence-corrected chi connectivity index (χ3v) is 2.99. The SMILES string of the molecule is C=Cc1cccc(CCl)c1CCCCC. The van der Waals surface area contributed by atoms with E-state index in [1.807, 2.05) is 6.08 Å². The van der Waals surface area contributed by atoms with E-state index in [-0.39, 0.29) is 0 Å². The maximum Gasteiger partial charge on any atom is 0.0477 e. The smallest absolute Gasteiger partial charge is 0.0477 e. The van der Waals surface area contributed by atoms with E-state index < -0.39 is 0 Å². The Balaban J connectivity index is 2.85. The average molecular weight is 223 g/mol. The molecule has 15 heavy (non-hydrogen) atoms. The highest BCUT2D eigenvalue weighted by Gasteiger charge is 2.04. The van der Waals surface area contributed by atoms with Crippen LogP contribution >= 0.6 is 11.6 Å². The molecule has 0 heterocycles. The van der Waals surface area contributed by atoms with E-state index >= 15 is 0 Å². The summed E-state index contributed by atoms with van der Waals surface area (Å²) in [6.45, 7) is 6.08. The van der Waals surface area contributed by atoms with Gasteiger partial charge >= 0.3 is 0 Å². The predicted octanol–water partition coefficient (Wildman–Crippen LogP) is 4.80. The van der Waals surface area contributed by atoms with Crippen LogP contribution in [0.25, 0.3) is 6.08 Å². The highest BCUT2D eigenvalue weighted by molar-refractivity contribution is 6.17. The van der Waals surface area contributed by atoms with Crippen LogP contribution in [0, 0.1) is 0 Å². The van der Waals surface area contributed by atoms with Gasteiger partial charge in [0.2, 0.25) is 0 Å². The van der Waals surface area contributed by atoms with Crippen LogP contribution in [0.3, 0.4) is 0 Å². The van der Waals surface area contributed by atoms with Gasteiger partial charge in [-0.15, -0.1) is 11.6 Å². The van der Waals surface area contributed by atoms with Gasteiger partial charge in [0.1, 0.15) is 0 Å². The molecular weight excluding hydrogens is 204 g/mol. The molecule has 0 bridgehead atoms. The molecule has 0 aliphatic rings. The van der Waals surface area contributed by atoms with Crippen molar-refractivity contribution in [3.63, 3.8) is 0 Å². The summed E-state index contributed by atoms with van der Waals surface area (Å²) in [5.74, 6) is 0.600. The molecule has 0 radical (unpaired) electrons. The summed E-state index contributed by atoms with van der Waals surface area (Å²) in [4.78, 5) is 0. The summed E-state index contributed by atoms with van der Waals surface area (Å²) in [5, 5.41) is 0. The fourth-order valence-electron chi connectivity index (χ4n) is 1.83. The lowest BCUT2D eigenvalue weighted by Crippen LogP contribution is -1.95. The molecular formula is C14H19Cl. The van der Waals surface area contributed by atoms with Crippen molar-refractivity contribution < 1.29 is 0 Å². The van der Waals surface area contributed by atoms with Crippen LogP contribution < -0.4 is 0 Å². The number of benzene rings is 1. The molecule has 1 rings (SSSR count). The van der Waals surface area contributed by atoms with Crippen LogP contribution in [0.5, 0.6) is 0 Å². The molecule has 1 aromatic carbocycles. The first-order valence-electron chi connectivity index (χ1n) is 5.62. The van der Waals surface area contributed by atoms with Gasteiger partial charge in [0.15, 0.2) is 0 Å². The van der Waals surface area contributed by atoms with Crippen LogP contribution in [0.4, 0.5) is 0 Å². The van der Waals surface area contributed by atoms with E-state index in [1.54, 1.807) is 0 Å². The molecule has 0 saturated carbocycles. The maximum absolute atomic E-state index is 5.94. The summed E-state index contributed by atoms with van der Waals surface area (Å²) >= 11 is 5.94. The largest absolute Gasteiger partial charge is 0.122 e. The summed E-state index contributed by atoms with van der Waals surface area (Å²) in [6, 6.07) is 6.28. The molecule has 82 valence electrons. The highest BCUT2D eigenvalue weighted by Crippen LogP contribution is 2.20. The van der Waals surface area contributed by atoms with Crippen molar-refractivity contribution in [2.45, 2.75) is 38.5 Å². The first-order valence-corrected chi connectivity index (χ1v) is 6.16. The number of halogens is 1. The molecule has 1 aromatic rings. The Bertz CT molecular complexity index is 315. The number of hydrogen-bond acceptors (Lipinski definition) is 0. The summed E-state index contributed by atoms with van der Waals surface area (Å²) in [6.07, 6.45) is 6.83. The Hall–Kier alpha value is -0.750. The lowest BCUT2D eigenvalue weighted by atomic mass is 9.96. The quantitative estimate of drug-likeness (QED) is 0.479. The van der Waals surface area contributed by atoms with Gasteiger partial charge in [-0.2, -0.15) is 0 Å². The van der Waals surface area contributed by atoms with E-state index in [9.17, 15) is 0 Å². The molecule has 0 unspecified atom stereocenters. The van der Waals surface area contributed by atoms with Crippen molar-refractivity contribution in [1.29, 1.82) is 0 Å². The molecule has 0 fully saturated rings. The van der Waals surface area contributed by atoms with Crippen LogP contribution in [0.15, 0.2) is 24.8 Å². The van der Waals surface area contributed by atoms with Crippen LogP contribution in [-0.2, 0) is 12.3 Å². The predicted molar refractivity (Wildman–Crippen MR) is 69.3 cm³/mol. The van der Waals surface area contributed by atoms with Crippen molar-refractivity contribution in [1.82, 2.24) is 0 Å². The Morgan fingerprint density at radius 2 is 2.13 bits per heavy atom. The Labute approximate surface area is 98.0 Å². The first kappa shape index (κ1) is 12.3. The maximum atomic E-state index is 5.94. The van der Waals surface area contributed by atoms with Gasteiger partial charge in [-0.1, -0.05) is 50.6 Å². The van der Waals surface area contributed by atoms with Crippen molar-refractivity contribution in [3.05, 3.63) is 41.5 Å². The minimum absolute atomic E-state index is 0.600. The Morgan fingerprint density at radius 1 is 1.33 bits per heavy atom. The number of rotatable bonds is 6. The number of unbranched alkanes of at least 4 members (excludes halogenated alkanes) is 2. The van der Waals surface area contributed by atoms with Gasteiger partial charge in [0.05, 0.1) is 0 Å². The fraction of sp³-hybridized carbons (Fsp3) is 0.429. The van der Waals surface area contributed by atoms with Gasteiger partial charge in [-0.3, -0.25) is 0 Å². The second kappa shape index (κ2) is 6.68. The number of hydrogen-bond donors (Lipinski definition) is 0. The molecule has 0 nitrogen and oxygen atoms in total. The number of alkyl halides is 1. The first-order chi connectivity index (χ1) is 7.33. The second-order valence-corrected chi connectivity index (χ2v) is 4.05. The molecule has 0 amide bonds. The van der Waals surface area contributed by atoms with Gasteiger partial charge in [-0.25, -0.2) is 0 Å².